The Balaban J connectivity index is 2.32. The molecule has 0 fully saturated rings. The molecule has 0 saturated carbocycles. The van der Waals surface area contributed by atoms with Crippen LogP contribution in [-0.2, 0) is 32.6 Å². The highest BCUT2D eigenvalue weighted by Gasteiger charge is 2.30. The number of hydrogen-bond acceptors (Lipinski definition) is 4. The summed E-state index contributed by atoms with van der Waals surface area (Å²) in [5, 5.41) is 2.87. The van der Waals surface area contributed by atoms with Crippen LogP contribution in [0, 0.1) is 0 Å². The molecule has 2 aromatic carbocycles. The van der Waals surface area contributed by atoms with Crippen LogP contribution in [0.4, 0.5) is 5.69 Å². The van der Waals surface area contributed by atoms with E-state index in [-0.39, 0.29) is 12.5 Å². The maximum Gasteiger partial charge on any atom is 0.244 e. The van der Waals surface area contributed by atoms with E-state index in [1.807, 2.05) is 50.2 Å². The van der Waals surface area contributed by atoms with Crippen LogP contribution in [0.15, 0.2) is 53.0 Å². The van der Waals surface area contributed by atoms with E-state index in [0.717, 1.165) is 45.4 Å². The lowest BCUT2D eigenvalue weighted by Crippen LogP contribution is -2.51. The predicted octanol–water partition coefficient (Wildman–Crippen LogP) is 4.11. The van der Waals surface area contributed by atoms with Gasteiger partial charge in [-0.05, 0) is 55.2 Å². The molecule has 0 radical (unpaired) electrons. The van der Waals surface area contributed by atoms with Crippen molar-refractivity contribution >= 4 is 43.5 Å². The number of benzene rings is 2. The minimum Gasteiger partial charge on any atom is -0.354 e. The molecular formula is C25H34BrN3O4S. The predicted molar refractivity (Wildman–Crippen MR) is 140 cm³/mol. The Morgan fingerprint density at radius 1 is 1.00 bits per heavy atom. The summed E-state index contributed by atoms with van der Waals surface area (Å²) in [6.07, 6.45) is 3.68. The third-order valence-corrected chi connectivity index (χ3v) is 7.24. The lowest BCUT2D eigenvalue weighted by Gasteiger charge is -2.31. The van der Waals surface area contributed by atoms with Crippen LogP contribution in [0.1, 0.15) is 44.7 Å². The van der Waals surface area contributed by atoms with Gasteiger partial charge in [-0.2, -0.15) is 0 Å². The number of sulfonamides is 1. The van der Waals surface area contributed by atoms with Gasteiger partial charge in [0.05, 0.1) is 11.9 Å². The van der Waals surface area contributed by atoms with Crippen LogP contribution < -0.4 is 9.62 Å². The van der Waals surface area contributed by atoms with E-state index in [1.54, 1.807) is 19.1 Å². The molecular weight excluding hydrogens is 518 g/mol. The number of nitrogens with one attached hydrogen (secondary N) is 1. The molecule has 0 unspecified atom stereocenters. The van der Waals surface area contributed by atoms with Crippen molar-refractivity contribution in [3.63, 3.8) is 0 Å². The first-order valence-electron chi connectivity index (χ1n) is 11.4. The van der Waals surface area contributed by atoms with Crippen molar-refractivity contribution < 1.29 is 18.0 Å². The van der Waals surface area contributed by atoms with Crippen LogP contribution in [-0.4, -0.2) is 50.5 Å². The van der Waals surface area contributed by atoms with Crippen molar-refractivity contribution in [2.45, 2.75) is 52.6 Å². The van der Waals surface area contributed by atoms with Crippen LogP contribution in [0.5, 0.6) is 0 Å². The first kappa shape index (κ1) is 27.9. The average molecular weight is 553 g/mol. The molecule has 0 aliphatic heterocycles. The molecule has 0 bridgehead atoms. The van der Waals surface area contributed by atoms with Crippen LogP contribution in [0.2, 0.25) is 0 Å². The van der Waals surface area contributed by atoms with Crippen molar-refractivity contribution in [2.75, 3.05) is 23.7 Å². The topological polar surface area (TPSA) is 86.8 Å². The SMILES string of the molecule is CCCCNC(=O)[C@H](C)N(Cc1ccc(Br)cc1)C(=O)CN(c1ccc(CC)cc1)S(C)(=O)=O. The summed E-state index contributed by atoms with van der Waals surface area (Å²) in [4.78, 5) is 27.7. The monoisotopic (exact) mass is 551 g/mol. The van der Waals surface area contributed by atoms with Crippen LogP contribution in [0.25, 0.3) is 0 Å². The van der Waals surface area contributed by atoms with Crippen molar-refractivity contribution in [1.82, 2.24) is 10.2 Å². The summed E-state index contributed by atoms with van der Waals surface area (Å²) in [6.45, 7) is 6.03. The molecule has 0 aromatic heterocycles. The van der Waals surface area contributed by atoms with E-state index >= 15 is 0 Å². The highest BCUT2D eigenvalue weighted by Crippen LogP contribution is 2.20. The molecule has 1 N–H and O–H groups in total. The number of hydrogen-bond donors (Lipinski definition) is 1. The largest absolute Gasteiger partial charge is 0.354 e. The molecule has 0 spiro atoms. The second-order valence-corrected chi connectivity index (χ2v) is 11.1. The fourth-order valence-corrected chi connectivity index (χ4v) is 4.53. The normalized spacial score (nSPS) is 12.1. The van der Waals surface area contributed by atoms with Gasteiger partial charge < -0.3 is 10.2 Å². The molecule has 186 valence electrons. The van der Waals surface area contributed by atoms with E-state index < -0.39 is 28.5 Å². The van der Waals surface area contributed by atoms with Gasteiger partial charge in [-0.25, -0.2) is 8.42 Å². The summed E-state index contributed by atoms with van der Waals surface area (Å²) >= 11 is 3.40. The van der Waals surface area contributed by atoms with E-state index in [9.17, 15) is 18.0 Å². The number of amides is 2. The van der Waals surface area contributed by atoms with Gasteiger partial charge in [0.2, 0.25) is 21.8 Å². The molecule has 2 amide bonds. The molecule has 2 aromatic rings. The zero-order chi connectivity index (χ0) is 25.3. The van der Waals surface area contributed by atoms with E-state index in [2.05, 4.69) is 21.2 Å². The van der Waals surface area contributed by atoms with Gasteiger partial charge in [0.25, 0.3) is 0 Å². The van der Waals surface area contributed by atoms with Gasteiger partial charge in [0, 0.05) is 17.6 Å². The van der Waals surface area contributed by atoms with E-state index in [4.69, 9.17) is 0 Å². The van der Waals surface area contributed by atoms with E-state index in [0.29, 0.717) is 12.2 Å². The number of nitrogens with zero attached hydrogens (tertiary/aromatic N) is 2. The zero-order valence-corrected chi connectivity index (χ0v) is 22.7. The van der Waals surface area contributed by atoms with Gasteiger partial charge in [0.15, 0.2) is 0 Å². The van der Waals surface area contributed by atoms with Gasteiger partial charge in [-0.15, -0.1) is 0 Å². The van der Waals surface area contributed by atoms with E-state index in [1.165, 1.54) is 4.90 Å². The number of halogens is 1. The second kappa shape index (κ2) is 12.9. The maximum atomic E-state index is 13.5. The fourth-order valence-electron chi connectivity index (χ4n) is 3.42. The van der Waals surface area contributed by atoms with Crippen molar-refractivity contribution in [2.24, 2.45) is 0 Å². The Labute approximate surface area is 211 Å². The summed E-state index contributed by atoms with van der Waals surface area (Å²) in [7, 11) is -3.73. The van der Waals surface area contributed by atoms with Crippen molar-refractivity contribution in [1.29, 1.82) is 0 Å². The number of carbonyl (C=O) groups is 2. The summed E-state index contributed by atoms with van der Waals surface area (Å²) in [6, 6.07) is 13.8. The highest BCUT2D eigenvalue weighted by molar-refractivity contribution is 9.10. The minimum atomic E-state index is -3.73. The Hall–Kier alpha value is -2.39. The zero-order valence-electron chi connectivity index (χ0n) is 20.3. The fraction of sp³-hybridized carbons (Fsp3) is 0.440. The Bertz CT molecular complexity index is 1060. The van der Waals surface area contributed by atoms with Crippen molar-refractivity contribution in [3.8, 4) is 0 Å². The maximum absolute atomic E-state index is 13.5. The quantitative estimate of drug-likeness (QED) is 0.402. The average Bonchev–Trinajstić information content (AvgIpc) is 2.81. The molecule has 34 heavy (non-hydrogen) atoms. The molecule has 0 aliphatic rings. The third-order valence-electron chi connectivity index (χ3n) is 5.57. The number of aryl methyl sites for hydroxylation is 1. The number of carbonyl (C=O) groups excluding carboxylic acids is 2. The number of rotatable bonds is 12. The first-order chi connectivity index (χ1) is 16.1. The lowest BCUT2D eigenvalue weighted by atomic mass is 10.1. The standard InChI is InChI=1S/C25H34BrN3O4S/c1-5-7-16-27-25(31)19(3)28(17-21-8-12-22(26)13-9-21)24(30)18-29(34(4,32)33)23-14-10-20(6-2)11-15-23/h8-15,19H,5-7,16-18H2,1-4H3,(H,27,31)/t19-/m0/s1. The lowest BCUT2D eigenvalue weighted by molar-refractivity contribution is -0.139. The van der Waals surface area contributed by atoms with Gasteiger partial charge >= 0.3 is 0 Å². The van der Waals surface area contributed by atoms with Crippen LogP contribution in [0.3, 0.4) is 0 Å². The Morgan fingerprint density at radius 2 is 1.59 bits per heavy atom. The molecule has 7 nitrogen and oxygen atoms in total. The second-order valence-electron chi connectivity index (χ2n) is 8.26. The smallest absolute Gasteiger partial charge is 0.244 e. The molecule has 0 aliphatic carbocycles. The van der Waals surface area contributed by atoms with Gasteiger partial charge in [-0.3, -0.25) is 13.9 Å². The first-order valence-corrected chi connectivity index (χ1v) is 14.1. The number of anilines is 1. The minimum absolute atomic E-state index is 0.181. The number of unbranched alkanes of at least 4 members (excludes halogenated alkanes) is 1. The Kier molecular flexibility index (Phi) is 10.6. The van der Waals surface area contributed by atoms with Crippen LogP contribution >= 0.6 is 15.9 Å². The summed E-state index contributed by atoms with van der Waals surface area (Å²) in [5.74, 6) is -0.719. The Morgan fingerprint density at radius 3 is 2.12 bits per heavy atom. The highest BCUT2D eigenvalue weighted by atomic mass is 79.9. The summed E-state index contributed by atoms with van der Waals surface area (Å²) in [5.41, 5.74) is 2.32. The third kappa shape index (κ3) is 8.13. The molecule has 0 saturated heterocycles. The molecule has 1 atom stereocenters. The van der Waals surface area contributed by atoms with Gasteiger partial charge in [0.1, 0.15) is 12.6 Å². The van der Waals surface area contributed by atoms with Crippen molar-refractivity contribution in [3.05, 3.63) is 64.1 Å². The molecule has 0 heterocycles. The molecule has 9 heteroatoms. The van der Waals surface area contributed by atoms with Gasteiger partial charge in [-0.1, -0.05) is 60.5 Å². The summed E-state index contributed by atoms with van der Waals surface area (Å²) < 4.78 is 27.2. The molecule has 2 rings (SSSR count).